The number of sulfonamides is 1. The highest BCUT2D eigenvalue weighted by atomic mass is 32.2. The zero-order valence-corrected chi connectivity index (χ0v) is 14.5. The fraction of sp³-hybridized carbons (Fsp3) is 0.278. The number of hydrogen-bond acceptors (Lipinski definition) is 3. The first-order valence-electron chi connectivity index (χ1n) is 7.75. The summed E-state index contributed by atoms with van der Waals surface area (Å²) in [6.07, 6.45) is 1.47. The summed E-state index contributed by atoms with van der Waals surface area (Å²) in [4.78, 5) is 11.9. The van der Waals surface area contributed by atoms with E-state index in [4.69, 9.17) is 0 Å². The molecule has 0 atom stereocenters. The van der Waals surface area contributed by atoms with Crippen LogP contribution in [0.25, 0.3) is 0 Å². The molecule has 128 valence electrons. The topological polar surface area (TPSA) is 66.5 Å². The molecule has 0 saturated carbocycles. The average molecular weight is 346 g/mol. The molecular formula is C18H22N2O3S. The van der Waals surface area contributed by atoms with Crippen LogP contribution in [0.1, 0.15) is 11.1 Å². The Hall–Kier alpha value is -2.18. The van der Waals surface area contributed by atoms with E-state index in [1.54, 1.807) is 0 Å². The van der Waals surface area contributed by atoms with Crippen LogP contribution in [-0.4, -0.2) is 38.0 Å². The Kier molecular flexibility index (Phi) is 6.52. The first-order chi connectivity index (χ1) is 11.4. The highest BCUT2D eigenvalue weighted by molar-refractivity contribution is 7.88. The third-order valence-electron chi connectivity index (χ3n) is 3.56. The molecule has 0 spiro atoms. The molecule has 1 N–H and O–H groups in total. The Balaban J connectivity index is 1.86. The molecule has 0 bridgehead atoms. The van der Waals surface area contributed by atoms with Crippen molar-refractivity contribution in [1.29, 1.82) is 0 Å². The maximum absolute atomic E-state index is 11.9. The minimum absolute atomic E-state index is 0.116. The minimum Gasteiger partial charge on any atom is -0.354 e. The third-order valence-corrected chi connectivity index (χ3v) is 4.81. The summed E-state index contributed by atoms with van der Waals surface area (Å²) in [7, 11) is -3.34. The fourth-order valence-electron chi connectivity index (χ4n) is 2.31. The highest BCUT2D eigenvalue weighted by Crippen LogP contribution is 2.07. The van der Waals surface area contributed by atoms with E-state index in [1.165, 1.54) is 10.6 Å². The van der Waals surface area contributed by atoms with Crippen LogP contribution in [-0.2, 0) is 27.8 Å². The number of hydrogen-bond donors (Lipinski definition) is 1. The summed E-state index contributed by atoms with van der Waals surface area (Å²) in [5, 5.41) is 2.77. The number of amides is 1. The SMILES string of the molecule is CS(=O)(=O)N(CCNC(=O)Cc1ccccc1)Cc1ccccc1. The maximum Gasteiger partial charge on any atom is 0.224 e. The molecule has 6 heteroatoms. The van der Waals surface area contributed by atoms with E-state index in [1.807, 2.05) is 60.7 Å². The van der Waals surface area contributed by atoms with Gasteiger partial charge in [-0.25, -0.2) is 8.42 Å². The predicted octanol–water partition coefficient (Wildman–Crippen LogP) is 1.81. The molecule has 2 rings (SSSR count). The Morgan fingerprint density at radius 2 is 1.50 bits per heavy atom. The van der Waals surface area contributed by atoms with E-state index in [9.17, 15) is 13.2 Å². The highest BCUT2D eigenvalue weighted by Gasteiger charge is 2.17. The van der Waals surface area contributed by atoms with Crippen LogP contribution in [0.4, 0.5) is 0 Å². The predicted molar refractivity (Wildman–Crippen MR) is 94.9 cm³/mol. The lowest BCUT2D eigenvalue weighted by Gasteiger charge is -2.20. The van der Waals surface area contributed by atoms with Crippen molar-refractivity contribution < 1.29 is 13.2 Å². The summed E-state index contributed by atoms with van der Waals surface area (Å²) in [6.45, 7) is 0.827. The largest absolute Gasteiger partial charge is 0.354 e. The van der Waals surface area contributed by atoms with Crippen LogP contribution in [0.3, 0.4) is 0 Å². The molecule has 0 unspecified atom stereocenters. The summed E-state index contributed by atoms with van der Waals surface area (Å²) >= 11 is 0. The Bertz CT molecular complexity index is 746. The molecule has 2 aromatic rings. The fourth-order valence-corrected chi connectivity index (χ4v) is 3.12. The van der Waals surface area contributed by atoms with Gasteiger partial charge in [0.15, 0.2) is 0 Å². The van der Waals surface area contributed by atoms with Crippen molar-refractivity contribution in [2.24, 2.45) is 0 Å². The molecule has 2 aromatic carbocycles. The zero-order chi connectivity index (χ0) is 17.4. The number of nitrogens with zero attached hydrogens (tertiary/aromatic N) is 1. The van der Waals surface area contributed by atoms with Gasteiger partial charge >= 0.3 is 0 Å². The van der Waals surface area contributed by atoms with E-state index in [2.05, 4.69) is 5.32 Å². The first-order valence-corrected chi connectivity index (χ1v) is 9.59. The van der Waals surface area contributed by atoms with Gasteiger partial charge < -0.3 is 5.32 Å². The van der Waals surface area contributed by atoms with Crippen molar-refractivity contribution in [2.75, 3.05) is 19.3 Å². The molecule has 1 amide bonds. The average Bonchev–Trinajstić information content (AvgIpc) is 2.55. The molecule has 0 aliphatic rings. The lowest BCUT2D eigenvalue weighted by molar-refractivity contribution is -0.120. The van der Waals surface area contributed by atoms with E-state index in [-0.39, 0.29) is 19.0 Å². The van der Waals surface area contributed by atoms with Crippen molar-refractivity contribution in [2.45, 2.75) is 13.0 Å². The van der Waals surface area contributed by atoms with Gasteiger partial charge in [-0.05, 0) is 11.1 Å². The van der Waals surface area contributed by atoms with Crippen molar-refractivity contribution in [3.8, 4) is 0 Å². The zero-order valence-electron chi connectivity index (χ0n) is 13.7. The maximum atomic E-state index is 11.9. The normalized spacial score (nSPS) is 11.4. The molecule has 5 nitrogen and oxygen atoms in total. The van der Waals surface area contributed by atoms with E-state index in [0.717, 1.165) is 11.1 Å². The molecule has 24 heavy (non-hydrogen) atoms. The molecule has 0 heterocycles. The molecule has 0 fully saturated rings. The standard InChI is InChI=1S/C18H22N2O3S/c1-24(22,23)20(15-17-10-6-3-7-11-17)13-12-19-18(21)14-16-8-4-2-5-9-16/h2-11H,12-15H2,1H3,(H,19,21). The van der Waals surface area contributed by atoms with Crippen LogP contribution < -0.4 is 5.32 Å². The summed E-state index contributed by atoms with van der Waals surface area (Å²) < 4.78 is 25.2. The quantitative estimate of drug-likeness (QED) is 0.793. The second-order valence-corrected chi connectivity index (χ2v) is 7.58. The van der Waals surface area contributed by atoms with Gasteiger partial charge in [-0.2, -0.15) is 4.31 Å². The number of nitrogens with one attached hydrogen (secondary N) is 1. The molecular weight excluding hydrogens is 324 g/mol. The number of carbonyl (C=O) groups excluding carboxylic acids is 1. The van der Waals surface area contributed by atoms with Crippen molar-refractivity contribution in [3.63, 3.8) is 0 Å². The van der Waals surface area contributed by atoms with Gasteiger partial charge in [0.1, 0.15) is 0 Å². The van der Waals surface area contributed by atoms with Crippen LogP contribution >= 0.6 is 0 Å². The van der Waals surface area contributed by atoms with Crippen molar-refractivity contribution in [1.82, 2.24) is 9.62 Å². The monoisotopic (exact) mass is 346 g/mol. The minimum atomic E-state index is -3.34. The van der Waals surface area contributed by atoms with Crippen LogP contribution in [0.2, 0.25) is 0 Å². The second-order valence-electron chi connectivity index (χ2n) is 5.59. The molecule has 0 radical (unpaired) electrons. The van der Waals surface area contributed by atoms with Crippen molar-refractivity contribution >= 4 is 15.9 Å². The number of rotatable bonds is 8. The van der Waals surface area contributed by atoms with Gasteiger partial charge in [0, 0.05) is 19.6 Å². The van der Waals surface area contributed by atoms with Gasteiger partial charge in [0.25, 0.3) is 0 Å². The molecule has 0 aromatic heterocycles. The van der Waals surface area contributed by atoms with Crippen LogP contribution in [0, 0.1) is 0 Å². The Morgan fingerprint density at radius 1 is 0.958 bits per heavy atom. The Morgan fingerprint density at radius 3 is 2.04 bits per heavy atom. The van der Waals surface area contributed by atoms with Gasteiger partial charge in [0.05, 0.1) is 12.7 Å². The van der Waals surface area contributed by atoms with E-state index >= 15 is 0 Å². The first kappa shape index (κ1) is 18.2. The number of benzene rings is 2. The van der Waals surface area contributed by atoms with Gasteiger partial charge in [-0.3, -0.25) is 4.79 Å². The summed E-state index contributed by atoms with van der Waals surface area (Å²) in [5.74, 6) is -0.116. The van der Waals surface area contributed by atoms with Gasteiger partial charge in [0.2, 0.25) is 15.9 Å². The molecule has 0 aliphatic heterocycles. The smallest absolute Gasteiger partial charge is 0.224 e. The van der Waals surface area contributed by atoms with Gasteiger partial charge in [-0.15, -0.1) is 0 Å². The summed E-state index contributed by atoms with van der Waals surface area (Å²) in [6, 6.07) is 18.8. The van der Waals surface area contributed by atoms with E-state index in [0.29, 0.717) is 13.0 Å². The van der Waals surface area contributed by atoms with Gasteiger partial charge in [-0.1, -0.05) is 60.7 Å². The van der Waals surface area contributed by atoms with E-state index < -0.39 is 10.0 Å². The second kappa shape index (κ2) is 8.61. The van der Waals surface area contributed by atoms with Crippen molar-refractivity contribution in [3.05, 3.63) is 71.8 Å². The number of carbonyl (C=O) groups is 1. The third kappa shape index (κ3) is 6.14. The lowest BCUT2D eigenvalue weighted by atomic mass is 10.1. The van der Waals surface area contributed by atoms with Crippen LogP contribution in [0.15, 0.2) is 60.7 Å². The Labute approximate surface area is 143 Å². The lowest BCUT2D eigenvalue weighted by Crippen LogP contribution is -2.38. The molecule has 0 saturated heterocycles. The van der Waals surface area contributed by atoms with Crippen LogP contribution in [0.5, 0.6) is 0 Å². The molecule has 0 aliphatic carbocycles. The summed E-state index contributed by atoms with van der Waals surface area (Å²) in [5.41, 5.74) is 1.85.